The second-order valence-electron chi connectivity index (χ2n) is 2.35. The summed E-state index contributed by atoms with van der Waals surface area (Å²) in [6.07, 6.45) is 0. The molecule has 5 nitrogen and oxygen atoms in total. The zero-order valence-corrected chi connectivity index (χ0v) is 8.11. The number of carbonyl (C=O) groups excluding carboxylic acids is 1. The summed E-state index contributed by atoms with van der Waals surface area (Å²) in [6.45, 7) is 0. The maximum Gasteiger partial charge on any atom is 0.314 e. The number of phenols is 2. The molecule has 1 rings (SSSR count). The SMILES string of the molecule is CNC(=O)NC.Oc1cccc(O)c1. The van der Waals surface area contributed by atoms with Crippen LogP contribution in [0.25, 0.3) is 0 Å². The van der Waals surface area contributed by atoms with Gasteiger partial charge in [-0.2, -0.15) is 0 Å². The highest BCUT2D eigenvalue weighted by atomic mass is 16.3. The molecular formula is C9H14N2O3. The third kappa shape index (κ3) is 5.70. The average Bonchev–Trinajstić information content (AvgIpc) is 2.17. The van der Waals surface area contributed by atoms with Gasteiger partial charge in [0, 0.05) is 20.2 Å². The molecule has 0 aliphatic rings. The highest BCUT2D eigenvalue weighted by Gasteiger charge is 1.85. The lowest BCUT2D eigenvalue weighted by Crippen LogP contribution is -2.28. The number of carbonyl (C=O) groups is 1. The fraction of sp³-hybridized carbons (Fsp3) is 0.222. The lowest BCUT2D eigenvalue weighted by molar-refractivity contribution is 0.245. The molecule has 0 atom stereocenters. The number of aromatic hydroxyl groups is 2. The first-order valence-electron chi connectivity index (χ1n) is 3.97. The van der Waals surface area contributed by atoms with E-state index in [0.29, 0.717) is 0 Å². The number of urea groups is 1. The van der Waals surface area contributed by atoms with Crippen molar-refractivity contribution in [2.45, 2.75) is 0 Å². The van der Waals surface area contributed by atoms with Crippen molar-refractivity contribution in [1.29, 1.82) is 0 Å². The second kappa shape index (κ2) is 6.59. The fourth-order valence-electron chi connectivity index (χ4n) is 0.618. The minimum Gasteiger partial charge on any atom is -0.508 e. The maximum absolute atomic E-state index is 9.96. The summed E-state index contributed by atoms with van der Waals surface area (Å²) >= 11 is 0. The van der Waals surface area contributed by atoms with Crippen LogP contribution in [-0.4, -0.2) is 30.3 Å². The van der Waals surface area contributed by atoms with Crippen molar-refractivity contribution in [2.24, 2.45) is 0 Å². The zero-order chi connectivity index (χ0) is 11.0. The van der Waals surface area contributed by atoms with E-state index in [2.05, 4.69) is 10.6 Å². The van der Waals surface area contributed by atoms with Crippen molar-refractivity contribution in [2.75, 3.05) is 14.1 Å². The van der Waals surface area contributed by atoms with Crippen molar-refractivity contribution >= 4 is 6.03 Å². The summed E-state index contributed by atoms with van der Waals surface area (Å²) in [5.74, 6) is 0.176. The molecule has 0 saturated carbocycles. The molecule has 0 unspecified atom stereocenters. The Bertz CT molecular complexity index is 266. The molecule has 0 saturated heterocycles. The van der Waals surface area contributed by atoms with Gasteiger partial charge in [-0.05, 0) is 12.1 Å². The van der Waals surface area contributed by atoms with Gasteiger partial charge in [-0.1, -0.05) is 6.07 Å². The number of rotatable bonds is 0. The summed E-state index contributed by atoms with van der Waals surface area (Å²) < 4.78 is 0. The van der Waals surface area contributed by atoms with Gasteiger partial charge in [0.2, 0.25) is 0 Å². The molecule has 78 valence electrons. The fourth-order valence-corrected chi connectivity index (χ4v) is 0.618. The van der Waals surface area contributed by atoms with Crippen molar-refractivity contribution in [3.8, 4) is 11.5 Å². The molecule has 0 heterocycles. The number of amides is 2. The minimum atomic E-state index is -0.157. The van der Waals surface area contributed by atoms with Gasteiger partial charge >= 0.3 is 6.03 Å². The molecule has 0 aromatic heterocycles. The van der Waals surface area contributed by atoms with Gasteiger partial charge in [0.05, 0.1) is 0 Å². The van der Waals surface area contributed by atoms with Crippen LogP contribution in [0, 0.1) is 0 Å². The minimum absolute atomic E-state index is 0.0880. The lowest BCUT2D eigenvalue weighted by Gasteiger charge is -1.91. The maximum atomic E-state index is 9.96. The Morgan fingerprint density at radius 2 is 1.57 bits per heavy atom. The normalized spacial score (nSPS) is 8.14. The first-order chi connectivity index (χ1) is 6.60. The number of phenolic OH excluding ortho intramolecular Hbond substituents is 2. The number of hydrogen-bond donors (Lipinski definition) is 4. The van der Waals surface area contributed by atoms with Crippen LogP contribution in [0.1, 0.15) is 0 Å². The molecule has 0 radical (unpaired) electrons. The third-order valence-electron chi connectivity index (χ3n) is 1.28. The van der Waals surface area contributed by atoms with E-state index in [0.717, 1.165) is 0 Å². The molecule has 14 heavy (non-hydrogen) atoms. The van der Waals surface area contributed by atoms with Gasteiger partial charge in [0.15, 0.2) is 0 Å². The van der Waals surface area contributed by atoms with E-state index in [-0.39, 0.29) is 17.5 Å². The van der Waals surface area contributed by atoms with Gasteiger partial charge in [-0.3, -0.25) is 0 Å². The second-order valence-corrected chi connectivity index (χ2v) is 2.35. The molecule has 0 fully saturated rings. The number of benzene rings is 1. The van der Waals surface area contributed by atoms with E-state index in [9.17, 15) is 4.79 Å². The van der Waals surface area contributed by atoms with Crippen LogP contribution in [-0.2, 0) is 0 Å². The van der Waals surface area contributed by atoms with Crippen LogP contribution in [0.5, 0.6) is 11.5 Å². The smallest absolute Gasteiger partial charge is 0.314 e. The molecule has 5 heteroatoms. The Balaban J connectivity index is 0.000000255. The first kappa shape index (κ1) is 12.1. The van der Waals surface area contributed by atoms with Gasteiger partial charge in [-0.25, -0.2) is 4.79 Å². The predicted octanol–water partition coefficient (Wildman–Crippen LogP) is 0.643. The van der Waals surface area contributed by atoms with Crippen LogP contribution in [0.2, 0.25) is 0 Å². The molecule has 1 aromatic carbocycles. The van der Waals surface area contributed by atoms with Crippen molar-refractivity contribution in [1.82, 2.24) is 10.6 Å². The van der Waals surface area contributed by atoms with Crippen molar-refractivity contribution in [3.05, 3.63) is 24.3 Å². The third-order valence-corrected chi connectivity index (χ3v) is 1.28. The zero-order valence-electron chi connectivity index (χ0n) is 8.11. The largest absolute Gasteiger partial charge is 0.508 e. The van der Waals surface area contributed by atoms with Crippen LogP contribution in [0.3, 0.4) is 0 Å². The Kier molecular flexibility index (Phi) is 5.69. The molecule has 0 aliphatic heterocycles. The van der Waals surface area contributed by atoms with Crippen LogP contribution in [0.15, 0.2) is 24.3 Å². The van der Waals surface area contributed by atoms with Crippen LogP contribution >= 0.6 is 0 Å². The standard InChI is InChI=1S/C6H6O2.C3H8N2O/c7-5-2-1-3-6(8)4-5;1-4-3(6)5-2/h1-4,7-8H;1-2H3,(H2,4,5,6). The van der Waals surface area contributed by atoms with E-state index >= 15 is 0 Å². The van der Waals surface area contributed by atoms with E-state index < -0.39 is 0 Å². The number of nitrogens with one attached hydrogen (secondary N) is 2. The Labute approximate surface area is 82.4 Å². The Hall–Kier alpha value is -1.91. The van der Waals surface area contributed by atoms with Crippen molar-refractivity contribution in [3.63, 3.8) is 0 Å². The molecule has 0 aliphatic carbocycles. The summed E-state index contributed by atoms with van der Waals surface area (Å²) in [5.41, 5.74) is 0. The number of hydrogen-bond acceptors (Lipinski definition) is 3. The van der Waals surface area contributed by atoms with Crippen LogP contribution in [0.4, 0.5) is 4.79 Å². The summed E-state index contributed by atoms with van der Waals surface area (Å²) in [4.78, 5) is 9.96. The summed E-state index contributed by atoms with van der Waals surface area (Å²) in [5, 5.41) is 22.0. The molecule has 0 spiro atoms. The van der Waals surface area contributed by atoms with E-state index in [1.807, 2.05) is 0 Å². The highest BCUT2D eigenvalue weighted by molar-refractivity contribution is 5.72. The van der Waals surface area contributed by atoms with Gasteiger partial charge in [0.25, 0.3) is 0 Å². The molecule has 0 bridgehead atoms. The highest BCUT2D eigenvalue weighted by Crippen LogP contribution is 2.14. The van der Waals surface area contributed by atoms with E-state index in [1.165, 1.54) is 18.2 Å². The molecular weight excluding hydrogens is 184 g/mol. The van der Waals surface area contributed by atoms with Gasteiger partial charge in [-0.15, -0.1) is 0 Å². The first-order valence-corrected chi connectivity index (χ1v) is 3.97. The average molecular weight is 198 g/mol. The molecule has 4 N–H and O–H groups in total. The van der Waals surface area contributed by atoms with E-state index in [4.69, 9.17) is 10.2 Å². The topological polar surface area (TPSA) is 81.6 Å². The Morgan fingerprint density at radius 1 is 1.14 bits per heavy atom. The van der Waals surface area contributed by atoms with Crippen LogP contribution < -0.4 is 10.6 Å². The predicted molar refractivity (Wildman–Crippen MR) is 53.3 cm³/mol. The lowest BCUT2D eigenvalue weighted by atomic mass is 10.3. The van der Waals surface area contributed by atoms with Crippen molar-refractivity contribution < 1.29 is 15.0 Å². The summed E-state index contributed by atoms with van der Waals surface area (Å²) in [7, 11) is 3.14. The van der Waals surface area contributed by atoms with E-state index in [1.54, 1.807) is 20.2 Å². The molecule has 2 amide bonds. The summed E-state index contributed by atoms with van der Waals surface area (Å²) in [6, 6.07) is 5.69. The van der Waals surface area contributed by atoms with Gasteiger partial charge < -0.3 is 20.8 Å². The monoisotopic (exact) mass is 198 g/mol. The quantitative estimate of drug-likeness (QED) is 0.494. The molecule has 1 aromatic rings. The van der Waals surface area contributed by atoms with Gasteiger partial charge in [0.1, 0.15) is 11.5 Å². The Morgan fingerprint density at radius 3 is 1.71 bits per heavy atom.